The van der Waals surface area contributed by atoms with Crippen LogP contribution in [0.15, 0.2) is 132 Å². The van der Waals surface area contributed by atoms with Gasteiger partial charge in [0.2, 0.25) is 0 Å². The lowest BCUT2D eigenvalue weighted by atomic mass is 9.89. The average molecular weight is 500 g/mol. The Morgan fingerprint density at radius 3 is 2.26 bits per heavy atom. The van der Waals surface area contributed by atoms with Gasteiger partial charge in [-0.25, -0.2) is 0 Å². The fourth-order valence-electron chi connectivity index (χ4n) is 6.35. The van der Waals surface area contributed by atoms with E-state index in [2.05, 4.69) is 136 Å². The van der Waals surface area contributed by atoms with Crippen LogP contribution >= 0.6 is 0 Å². The minimum absolute atomic E-state index is 0.768. The van der Waals surface area contributed by atoms with Gasteiger partial charge in [-0.05, 0) is 71.1 Å². The summed E-state index contributed by atoms with van der Waals surface area (Å²) in [6.07, 6.45) is 0. The second kappa shape index (κ2) is 8.44. The summed E-state index contributed by atoms with van der Waals surface area (Å²) in [5, 5.41) is 5.07. The largest absolute Gasteiger partial charge is 0.335 e. The maximum absolute atomic E-state index is 4.33. The zero-order valence-electron chi connectivity index (χ0n) is 21.4. The van der Waals surface area contributed by atoms with Gasteiger partial charge in [-0.15, -0.1) is 0 Å². The lowest BCUT2D eigenvalue weighted by Crippen LogP contribution is -2.21. The smallest absolute Gasteiger partial charge is 0.0859 e. The quantitative estimate of drug-likeness (QED) is 0.222. The Labute approximate surface area is 226 Å². The summed E-state index contributed by atoms with van der Waals surface area (Å²) in [5.74, 6) is 0. The molecule has 6 aromatic carbocycles. The van der Waals surface area contributed by atoms with E-state index in [1.165, 1.54) is 60.6 Å². The van der Waals surface area contributed by atoms with Gasteiger partial charge in [0.05, 0.1) is 22.4 Å². The van der Waals surface area contributed by atoms with Crippen LogP contribution in [-0.4, -0.2) is 11.3 Å². The Kier molecular flexibility index (Phi) is 4.74. The molecule has 0 atom stereocenters. The van der Waals surface area contributed by atoms with E-state index in [0.29, 0.717) is 0 Å². The third-order valence-corrected chi connectivity index (χ3v) is 8.05. The summed E-state index contributed by atoms with van der Waals surface area (Å²) >= 11 is 0. The molecule has 3 heteroatoms. The first kappa shape index (κ1) is 21.9. The molecule has 184 valence electrons. The Bertz CT molecular complexity index is 2080. The van der Waals surface area contributed by atoms with Gasteiger partial charge in [-0.1, -0.05) is 84.9 Å². The highest BCUT2D eigenvalue weighted by Gasteiger charge is 2.28. The number of nitrogens with zero attached hydrogens (tertiary/aromatic N) is 3. The minimum Gasteiger partial charge on any atom is -0.335 e. The van der Waals surface area contributed by atoms with Crippen molar-refractivity contribution in [1.29, 1.82) is 0 Å². The van der Waals surface area contributed by atoms with Crippen LogP contribution in [0.3, 0.4) is 0 Å². The Balaban J connectivity index is 1.43. The summed E-state index contributed by atoms with van der Waals surface area (Å²) < 4.78 is 2.42. The van der Waals surface area contributed by atoms with E-state index in [4.69, 9.17) is 0 Å². The van der Waals surface area contributed by atoms with E-state index >= 15 is 0 Å². The number of benzene rings is 6. The molecule has 0 unspecified atom stereocenters. The average Bonchev–Trinajstić information content (AvgIpc) is 3.34. The van der Waals surface area contributed by atoms with Crippen molar-refractivity contribution in [3.05, 3.63) is 133 Å². The van der Waals surface area contributed by atoms with Crippen LogP contribution in [-0.2, 0) is 6.54 Å². The molecule has 39 heavy (non-hydrogen) atoms. The van der Waals surface area contributed by atoms with Gasteiger partial charge in [0.15, 0.2) is 0 Å². The zero-order valence-corrected chi connectivity index (χ0v) is 21.4. The first-order valence-electron chi connectivity index (χ1n) is 13.3. The number of para-hydroxylation sites is 4. The number of hydrogen-bond donors (Lipinski definition) is 0. The highest BCUT2D eigenvalue weighted by atomic mass is 15.2. The van der Waals surface area contributed by atoms with Gasteiger partial charge in [-0.3, -0.25) is 4.99 Å². The van der Waals surface area contributed by atoms with Crippen molar-refractivity contribution in [2.75, 3.05) is 4.90 Å². The molecule has 8 rings (SSSR count). The number of aliphatic imine (C=N–C) groups is 1. The lowest BCUT2D eigenvalue weighted by molar-refractivity contribution is 0.963. The Morgan fingerprint density at radius 2 is 1.36 bits per heavy atom. The van der Waals surface area contributed by atoms with Gasteiger partial charge in [-0.2, -0.15) is 0 Å². The predicted octanol–water partition coefficient (Wildman–Crippen LogP) is 9.59. The Morgan fingerprint density at radius 1 is 0.615 bits per heavy atom. The molecule has 2 heterocycles. The Hall–Kier alpha value is -5.15. The lowest BCUT2D eigenvalue weighted by Gasteiger charge is -2.34. The molecular weight excluding hydrogens is 474 g/mol. The number of aromatic nitrogens is 1. The molecule has 0 fully saturated rings. The molecule has 0 amide bonds. The fraction of sp³-hybridized carbons (Fsp3) is 0.0278. The monoisotopic (exact) mass is 499 g/mol. The van der Waals surface area contributed by atoms with Crippen molar-refractivity contribution in [2.24, 2.45) is 4.99 Å². The number of fused-ring (bicyclic) bond motifs is 8. The zero-order chi connectivity index (χ0) is 25.9. The summed E-state index contributed by atoms with van der Waals surface area (Å²) in [7, 11) is 0. The van der Waals surface area contributed by atoms with E-state index in [1.54, 1.807) is 0 Å². The van der Waals surface area contributed by atoms with E-state index in [0.717, 1.165) is 17.9 Å². The van der Waals surface area contributed by atoms with Crippen molar-refractivity contribution in [2.45, 2.75) is 6.54 Å². The van der Waals surface area contributed by atoms with Crippen LogP contribution in [0, 0.1) is 0 Å². The normalized spacial score (nSPS) is 12.6. The van der Waals surface area contributed by atoms with Crippen molar-refractivity contribution in [1.82, 2.24) is 4.57 Å². The van der Waals surface area contributed by atoms with Gasteiger partial charge in [0.25, 0.3) is 0 Å². The van der Waals surface area contributed by atoms with Crippen molar-refractivity contribution < 1.29 is 0 Å². The molecule has 3 nitrogen and oxygen atoms in total. The maximum atomic E-state index is 4.33. The van der Waals surface area contributed by atoms with Crippen LogP contribution in [0.2, 0.25) is 0 Å². The highest BCUT2D eigenvalue weighted by molar-refractivity contribution is 6.18. The second-order valence-electron chi connectivity index (χ2n) is 10.1. The van der Waals surface area contributed by atoms with Gasteiger partial charge in [0, 0.05) is 34.3 Å². The molecule has 0 saturated heterocycles. The van der Waals surface area contributed by atoms with Crippen LogP contribution in [0.4, 0.5) is 17.1 Å². The summed E-state index contributed by atoms with van der Waals surface area (Å²) in [5.41, 5.74) is 10.6. The molecule has 0 N–H and O–H groups in total. The standard InChI is InChI=1S/C36H25N3/c1-37-30-14-6-9-17-33(30)38-23-26-19-21-34-36(35(26)28-12-4-7-15-31(28)38)29-13-5-8-16-32(29)39(34)27-20-18-24-10-2-3-11-25(24)22-27/h2-22H,1,23H2. The van der Waals surface area contributed by atoms with E-state index in [9.17, 15) is 0 Å². The second-order valence-corrected chi connectivity index (χ2v) is 10.1. The molecule has 0 spiro atoms. The van der Waals surface area contributed by atoms with Gasteiger partial charge >= 0.3 is 0 Å². The molecule has 0 bridgehead atoms. The highest BCUT2D eigenvalue weighted by Crippen LogP contribution is 2.49. The molecule has 0 saturated carbocycles. The first-order chi connectivity index (χ1) is 19.3. The third-order valence-electron chi connectivity index (χ3n) is 8.05. The fourth-order valence-corrected chi connectivity index (χ4v) is 6.35. The number of hydrogen-bond acceptors (Lipinski definition) is 2. The SMILES string of the molecule is C=Nc1ccccc1N1Cc2ccc3c(c2-c2ccccc21)c1ccccc1n3-c1ccc2ccccc2c1. The molecule has 0 aliphatic carbocycles. The third kappa shape index (κ3) is 3.20. The molecule has 7 aromatic rings. The molecular formula is C36H25N3. The van der Waals surface area contributed by atoms with E-state index < -0.39 is 0 Å². The van der Waals surface area contributed by atoms with Gasteiger partial charge < -0.3 is 9.47 Å². The molecule has 1 aromatic heterocycles. The van der Waals surface area contributed by atoms with Crippen molar-refractivity contribution in [3.8, 4) is 16.8 Å². The molecule has 1 aliphatic rings. The predicted molar refractivity (Wildman–Crippen MR) is 165 cm³/mol. The summed E-state index contributed by atoms with van der Waals surface area (Å²) in [4.78, 5) is 6.70. The molecule has 0 radical (unpaired) electrons. The first-order valence-corrected chi connectivity index (χ1v) is 13.3. The minimum atomic E-state index is 0.768. The van der Waals surface area contributed by atoms with Crippen LogP contribution in [0.25, 0.3) is 49.4 Å². The van der Waals surface area contributed by atoms with Gasteiger partial charge in [0.1, 0.15) is 0 Å². The van der Waals surface area contributed by atoms with E-state index in [1.807, 2.05) is 12.1 Å². The maximum Gasteiger partial charge on any atom is 0.0859 e. The van der Waals surface area contributed by atoms with E-state index in [-0.39, 0.29) is 0 Å². The number of rotatable bonds is 3. The van der Waals surface area contributed by atoms with Crippen LogP contribution in [0.1, 0.15) is 5.56 Å². The summed E-state index contributed by atoms with van der Waals surface area (Å²) in [6.45, 7) is 4.60. The van der Waals surface area contributed by atoms with Crippen LogP contribution < -0.4 is 4.90 Å². The summed E-state index contributed by atoms with van der Waals surface area (Å²) in [6, 6.07) is 45.7. The van der Waals surface area contributed by atoms with Crippen LogP contribution in [0.5, 0.6) is 0 Å². The molecule has 1 aliphatic heterocycles. The topological polar surface area (TPSA) is 20.5 Å². The van der Waals surface area contributed by atoms with Crippen molar-refractivity contribution >= 4 is 56.4 Å². The van der Waals surface area contributed by atoms with Crippen molar-refractivity contribution in [3.63, 3.8) is 0 Å². The number of anilines is 2.